The lowest BCUT2D eigenvalue weighted by molar-refractivity contribution is -0.136. The molecule has 0 bridgehead atoms. The molecule has 0 aromatic heterocycles. The molecule has 0 heterocycles. The van der Waals surface area contributed by atoms with Crippen LogP contribution in [0.5, 0.6) is 0 Å². The third-order valence-corrected chi connectivity index (χ3v) is 5.25. The van der Waals surface area contributed by atoms with E-state index in [9.17, 15) is 14.3 Å². The van der Waals surface area contributed by atoms with Crippen LogP contribution in [0, 0.1) is 0 Å². The molecule has 0 radical (unpaired) electrons. The normalized spacial score (nSPS) is 14.7. The maximum Gasteiger partial charge on any atom is 0.529 e. The van der Waals surface area contributed by atoms with Gasteiger partial charge in [0.25, 0.3) is 0 Å². The molecule has 0 rings (SSSR count). The van der Waals surface area contributed by atoms with Crippen molar-refractivity contribution in [2.75, 3.05) is 13.2 Å². The zero-order valence-corrected chi connectivity index (χ0v) is 17.7. The quantitative estimate of drug-likeness (QED) is 0.212. The number of phosphoric ester groups is 1. The lowest BCUT2D eigenvalue weighted by Crippen LogP contribution is -2.19. The molecule has 0 saturated heterocycles. The highest BCUT2D eigenvalue weighted by molar-refractivity contribution is 7.48. The number of aliphatic hydroxyl groups is 2. The number of aliphatic hydroxyl groups excluding tert-OH is 2. The van der Waals surface area contributed by atoms with Gasteiger partial charge in [-0.05, 0) is 6.42 Å². The summed E-state index contributed by atoms with van der Waals surface area (Å²) in [5, 5.41) is 17.6. The number of carbonyl (C=O) groups is 1. The lowest BCUT2D eigenvalue weighted by Gasteiger charge is -2.13. The summed E-state index contributed by atoms with van der Waals surface area (Å²) in [6.07, 6.45) is 14.3. The minimum absolute atomic E-state index is 0.0637. The third-order valence-electron chi connectivity index (χ3n) is 4.34. The molecule has 0 aromatic carbocycles. The van der Waals surface area contributed by atoms with E-state index in [0.29, 0.717) is 6.42 Å². The second-order valence-electron chi connectivity index (χ2n) is 7.06. The van der Waals surface area contributed by atoms with Gasteiger partial charge in [-0.15, -0.1) is 0 Å². The molecule has 162 valence electrons. The fraction of sp³-hybridized carbons (Fsp3) is 0.947. The van der Waals surface area contributed by atoms with Crippen molar-refractivity contribution >= 4 is 13.8 Å². The molecule has 0 spiro atoms. The minimum atomic E-state index is -4.52. The van der Waals surface area contributed by atoms with Gasteiger partial charge in [-0.2, -0.15) is 0 Å². The van der Waals surface area contributed by atoms with Gasteiger partial charge in [0.1, 0.15) is 6.10 Å². The first-order valence-corrected chi connectivity index (χ1v) is 11.9. The topological polar surface area (TPSA) is 113 Å². The van der Waals surface area contributed by atoms with Crippen LogP contribution in [0.1, 0.15) is 96.8 Å². The summed E-state index contributed by atoms with van der Waals surface area (Å²) >= 11 is 0. The highest BCUT2D eigenvalue weighted by Gasteiger charge is 2.26. The number of hydrogen-bond acceptors (Lipinski definition) is 6. The molecule has 0 aromatic rings. The molecule has 0 aliphatic carbocycles. The van der Waals surface area contributed by atoms with Crippen molar-refractivity contribution in [3.63, 3.8) is 0 Å². The molecular weight excluding hydrogens is 371 g/mol. The standard InChI is InChI=1S/C19H39O7P/c1-2-3-4-5-6-7-8-9-10-11-12-13-14-15-19(22)26-27(23,24)25-17-18(21)16-20/h18,20-21H,2-17H2,1H3,(H,23,24). The molecule has 3 N–H and O–H groups in total. The lowest BCUT2D eigenvalue weighted by atomic mass is 10.0. The third kappa shape index (κ3) is 18.7. The van der Waals surface area contributed by atoms with Gasteiger partial charge in [0.2, 0.25) is 0 Å². The minimum Gasteiger partial charge on any atom is -0.394 e. The maximum absolute atomic E-state index is 11.5. The van der Waals surface area contributed by atoms with Crippen molar-refractivity contribution in [2.24, 2.45) is 0 Å². The molecule has 0 amide bonds. The predicted octanol–water partition coefficient (Wildman–Crippen LogP) is 4.48. The van der Waals surface area contributed by atoms with Crippen LogP contribution in [0.25, 0.3) is 0 Å². The summed E-state index contributed by atoms with van der Waals surface area (Å²) in [6.45, 7) is 1.05. The van der Waals surface area contributed by atoms with Gasteiger partial charge in [0, 0.05) is 6.42 Å². The van der Waals surface area contributed by atoms with Gasteiger partial charge in [0.05, 0.1) is 13.2 Å². The Morgan fingerprint density at radius 1 is 0.889 bits per heavy atom. The van der Waals surface area contributed by atoms with Crippen LogP contribution in [-0.4, -0.2) is 40.4 Å². The van der Waals surface area contributed by atoms with Crippen LogP contribution in [0.15, 0.2) is 0 Å². The van der Waals surface area contributed by atoms with Crippen LogP contribution in [0.2, 0.25) is 0 Å². The Hall–Kier alpha value is -0.460. The Balaban J connectivity index is 3.46. The van der Waals surface area contributed by atoms with Crippen molar-refractivity contribution in [1.82, 2.24) is 0 Å². The number of unbranched alkanes of at least 4 members (excludes halogenated alkanes) is 12. The predicted molar refractivity (Wildman–Crippen MR) is 105 cm³/mol. The van der Waals surface area contributed by atoms with Crippen molar-refractivity contribution in [1.29, 1.82) is 0 Å². The van der Waals surface area contributed by atoms with Crippen molar-refractivity contribution < 1.29 is 33.5 Å². The summed E-state index contributed by atoms with van der Waals surface area (Å²) in [7, 11) is -4.52. The van der Waals surface area contributed by atoms with Gasteiger partial charge in [0.15, 0.2) is 0 Å². The van der Waals surface area contributed by atoms with Gasteiger partial charge >= 0.3 is 13.8 Å². The number of rotatable bonds is 19. The van der Waals surface area contributed by atoms with Gasteiger partial charge in [-0.25, -0.2) is 4.57 Å². The monoisotopic (exact) mass is 410 g/mol. The van der Waals surface area contributed by atoms with Crippen LogP contribution in [0.3, 0.4) is 0 Å². The maximum atomic E-state index is 11.5. The van der Waals surface area contributed by atoms with Crippen LogP contribution < -0.4 is 0 Å². The molecule has 0 saturated carbocycles. The molecule has 0 fully saturated rings. The Kier molecular flexibility index (Phi) is 17.3. The SMILES string of the molecule is CCCCCCCCCCCCCCCC(=O)OP(=O)(O)OCC(O)CO. The highest BCUT2D eigenvalue weighted by Crippen LogP contribution is 2.43. The van der Waals surface area contributed by atoms with E-state index in [2.05, 4.69) is 16.0 Å². The van der Waals surface area contributed by atoms with Gasteiger partial charge < -0.3 is 14.7 Å². The smallest absolute Gasteiger partial charge is 0.394 e. The van der Waals surface area contributed by atoms with E-state index in [4.69, 9.17) is 10.2 Å². The Morgan fingerprint density at radius 2 is 1.33 bits per heavy atom. The first-order chi connectivity index (χ1) is 12.9. The van der Waals surface area contributed by atoms with E-state index >= 15 is 0 Å². The zero-order chi connectivity index (χ0) is 20.4. The molecule has 0 aliphatic rings. The average Bonchev–Trinajstić information content (AvgIpc) is 2.63. The van der Waals surface area contributed by atoms with Crippen LogP contribution in [0.4, 0.5) is 0 Å². The van der Waals surface area contributed by atoms with E-state index in [1.54, 1.807) is 0 Å². The number of hydrogen-bond donors (Lipinski definition) is 3. The number of phosphoric acid groups is 1. The average molecular weight is 410 g/mol. The van der Waals surface area contributed by atoms with E-state index in [0.717, 1.165) is 19.3 Å². The summed E-state index contributed by atoms with van der Waals surface area (Å²) in [4.78, 5) is 20.9. The summed E-state index contributed by atoms with van der Waals surface area (Å²) in [5.74, 6) is -0.789. The summed E-state index contributed by atoms with van der Waals surface area (Å²) in [5.41, 5.74) is 0. The van der Waals surface area contributed by atoms with Crippen molar-refractivity contribution in [3.8, 4) is 0 Å². The van der Waals surface area contributed by atoms with E-state index < -0.39 is 33.1 Å². The van der Waals surface area contributed by atoms with Gasteiger partial charge in [-0.3, -0.25) is 14.2 Å². The van der Waals surface area contributed by atoms with Crippen molar-refractivity contribution in [3.05, 3.63) is 0 Å². The Morgan fingerprint density at radius 3 is 1.78 bits per heavy atom. The second-order valence-corrected chi connectivity index (χ2v) is 8.43. The second kappa shape index (κ2) is 17.6. The molecule has 0 aliphatic heterocycles. The first kappa shape index (κ1) is 26.5. The number of carbonyl (C=O) groups excluding carboxylic acids is 1. The Labute approximate surface area is 164 Å². The van der Waals surface area contributed by atoms with E-state index in [1.807, 2.05) is 0 Å². The fourth-order valence-electron chi connectivity index (χ4n) is 2.72. The molecule has 7 nitrogen and oxygen atoms in total. The van der Waals surface area contributed by atoms with Crippen LogP contribution in [-0.2, 0) is 18.4 Å². The van der Waals surface area contributed by atoms with E-state index in [-0.39, 0.29) is 6.42 Å². The molecular formula is C19H39O7P. The zero-order valence-electron chi connectivity index (χ0n) is 16.8. The summed E-state index contributed by atoms with van der Waals surface area (Å²) < 4.78 is 20.3. The molecule has 2 unspecified atom stereocenters. The van der Waals surface area contributed by atoms with Crippen LogP contribution >= 0.6 is 7.82 Å². The van der Waals surface area contributed by atoms with E-state index in [1.165, 1.54) is 57.8 Å². The molecule has 27 heavy (non-hydrogen) atoms. The fourth-order valence-corrected chi connectivity index (χ4v) is 3.48. The molecule has 8 heteroatoms. The first-order valence-electron chi connectivity index (χ1n) is 10.4. The molecule has 2 atom stereocenters. The van der Waals surface area contributed by atoms with Gasteiger partial charge in [-0.1, -0.05) is 84.0 Å². The van der Waals surface area contributed by atoms with Crippen molar-refractivity contribution in [2.45, 2.75) is 103 Å². The Bertz CT molecular complexity index is 404. The highest BCUT2D eigenvalue weighted by atomic mass is 31.2. The largest absolute Gasteiger partial charge is 0.529 e. The summed E-state index contributed by atoms with van der Waals surface area (Å²) in [6, 6.07) is 0.